The van der Waals surface area contributed by atoms with Gasteiger partial charge in [-0.2, -0.15) is 0 Å². The van der Waals surface area contributed by atoms with Crippen molar-refractivity contribution < 1.29 is 4.79 Å². The van der Waals surface area contributed by atoms with Crippen molar-refractivity contribution in [3.05, 3.63) is 24.3 Å². The molecule has 4 N–H and O–H groups in total. The van der Waals surface area contributed by atoms with Crippen molar-refractivity contribution in [2.45, 2.75) is 13.8 Å². The second kappa shape index (κ2) is 6.23. The molecule has 14 heavy (non-hydrogen) atoms. The van der Waals surface area contributed by atoms with Crippen LogP contribution in [0.5, 0.6) is 0 Å². The van der Waals surface area contributed by atoms with E-state index < -0.39 is 5.37 Å². The molecule has 0 saturated heterocycles. The van der Waals surface area contributed by atoms with Crippen molar-refractivity contribution in [3.63, 3.8) is 0 Å². The number of hydrogen-bond donors (Lipinski definition) is 2. The molecule has 78 valence electrons. The first-order valence-corrected chi connectivity index (χ1v) is 4.59. The summed E-state index contributed by atoms with van der Waals surface area (Å²) in [7, 11) is 0. The predicted octanol–water partition coefficient (Wildman–Crippen LogP) is 2.33. The van der Waals surface area contributed by atoms with E-state index in [9.17, 15) is 4.79 Å². The molecule has 0 bridgehead atoms. The predicted molar refractivity (Wildman–Crippen MR) is 60.1 cm³/mol. The van der Waals surface area contributed by atoms with Gasteiger partial charge in [0.05, 0.1) is 11.4 Å². The molecule has 0 aliphatic rings. The van der Waals surface area contributed by atoms with Crippen LogP contribution in [0.2, 0.25) is 0 Å². The maximum absolute atomic E-state index is 10.6. The fourth-order valence-corrected chi connectivity index (χ4v) is 0.893. The van der Waals surface area contributed by atoms with Crippen LogP contribution in [0.4, 0.5) is 16.2 Å². The van der Waals surface area contributed by atoms with E-state index in [4.69, 9.17) is 23.2 Å². The third-order valence-electron chi connectivity index (χ3n) is 1.39. The maximum Gasteiger partial charge on any atom is 0.335 e. The molecular weight excluding hydrogens is 202 g/mol. The minimum absolute atomic E-state index is 0.400. The topological polar surface area (TPSA) is 72.3 Å². The van der Waals surface area contributed by atoms with Crippen LogP contribution in [0.3, 0.4) is 0 Å². The summed E-state index contributed by atoms with van der Waals surface area (Å²) in [6.45, 7) is 4.00. The van der Waals surface area contributed by atoms with Crippen LogP contribution in [0.15, 0.2) is 24.3 Å². The fourth-order valence-electron chi connectivity index (χ4n) is 0.802. The van der Waals surface area contributed by atoms with E-state index in [1.165, 1.54) is 0 Å². The van der Waals surface area contributed by atoms with Gasteiger partial charge in [-0.05, 0) is 23.7 Å². The zero-order chi connectivity index (χ0) is 11.1. The van der Waals surface area contributed by atoms with Crippen LogP contribution in [0.1, 0.15) is 13.8 Å². The lowest BCUT2D eigenvalue weighted by Crippen LogP contribution is -2.33. The monoisotopic (exact) mass is 215 g/mol. The first-order valence-electron chi connectivity index (χ1n) is 4.21. The van der Waals surface area contributed by atoms with Gasteiger partial charge in [0.15, 0.2) is 0 Å². The number of nitrogen functional groups attached to an aromatic ring is 1. The molecule has 4 nitrogen and oxygen atoms in total. The van der Waals surface area contributed by atoms with Gasteiger partial charge in [-0.15, -0.1) is 0 Å². The van der Waals surface area contributed by atoms with Crippen LogP contribution in [0, 0.1) is 0 Å². The molecule has 0 fully saturated rings. The molecule has 5 heteroatoms. The molecular formula is C9H14ClN3O. The number of carbonyl (C=O) groups excluding carboxylic acids is 1. The molecule has 0 atom stereocenters. The van der Waals surface area contributed by atoms with Crippen molar-refractivity contribution in [1.82, 2.24) is 0 Å². The molecule has 0 spiro atoms. The molecule has 0 saturated carbocycles. The summed E-state index contributed by atoms with van der Waals surface area (Å²) in [6.07, 6.45) is 0. The van der Waals surface area contributed by atoms with Crippen LogP contribution in [-0.4, -0.2) is 5.37 Å². The average molecular weight is 216 g/mol. The summed E-state index contributed by atoms with van der Waals surface area (Å²) in [4.78, 5) is 10.6. The molecule has 0 radical (unpaired) electrons. The maximum atomic E-state index is 10.6. The molecule has 1 aromatic carbocycles. The van der Waals surface area contributed by atoms with Gasteiger partial charge in [-0.3, -0.25) is 4.79 Å². The lowest BCUT2D eigenvalue weighted by atomic mass is 10.3. The number of hydrazine groups is 1. The Balaban J connectivity index is 0.000000791. The van der Waals surface area contributed by atoms with Gasteiger partial charge >= 0.3 is 5.37 Å². The number of halogens is 1. The van der Waals surface area contributed by atoms with Crippen LogP contribution < -0.4 is 16.6 Å². The average Bonchev–Trinajstić information content (AvgIpc) is 2.20. The van der Waals surface area contributed by atoms with Gasteiger partial charge in [-0.1, -0.05) is 26.0 Å². The normalized spacial score (nSPS) is 8.57. The third kappa shape index (κ3) is 3.24. The molecule has 0 heterocycles. The van der Waals surface area contributed by atoms with Crippen molar-refractivity contribution in [2.75, 3.05) is 10.7 Å². The summed E-state index contributed by atoms with van der Waals surface area (Å²) in [5.74, 6) is 5.31. The second-order valence-electron chi connectivity index (χ2n) is 2.18. The Morgan fingerprint density at radius 2 is 1.86 bits per heavy atom. The summed E-state index contributed by atoms with van der Waals surface area (Å²) >= 11 is 5.14. The first-order chi connectivity index (χ1) is 6.63. The number of benzene rings is 1. The quantitative estimate of drug-likeness (QED) is 0.189. The number of amides is 1. The number of nitrogens with two attached hydrogens (primary N) is 2. The SMILES string of the molecule is CC.Nc1ccccc1N(N)C(=O)Cl. The number of nitrogens with zero attached hydrogens (tertiary/aromatic N) is 1. The number of para-hydroxylation sites is 2. The lowest BCUT2D eigenvalue weighted by molar-refractivity contribution is 0.264. The smallest absolute Gasteiger partial charge is 0.335 e. The highest BCUT2D eigenvalue weighted by Crippen LogP contribution is 2.20. The summed E-state index contributed by atoms with van der Waals surface area (Å²) in [6, 6.07) is 6.70. The first kappa shape index (κ1) is 12.7. The molecule has 0 aliphatic carbocycles. The Morgan fingerprint density at radius 1 is 1.36 bits per heavy atom. The standard InChI is InChI=1S/C7H8ClN3O.C2H6/c8-7(12)11(10)6-4-2-1-3-5(6)9;1-2/h1-4H,9-10H2;1-2H3. The van der Waals surface area contributed by atoms with Gasteiger partial charge < -0.3 is 5.73 Å². The van der Waals surface area contributed by atoms with E-state index in [1.807, 2.05) is 13.8 Å². The molecule has 1 amide bonds. The highest BCUT2D eigenvalue weighted by Gasteiger charge is 2.09. The van der Waals surface area contributed by atoms with Gasteiger partial charge in [0.2, 0.25) is 0 Å². The third-order valence-corrected chi connectivity index (χ3v) is 1.57. The van der Waals surface area contributed by atoms with Gasteiger partial charge in [0.25, 0.3) is 0 Å². The van der Waals surface area contributed by atoms with Crippen molar-refractivity contribution in [3.8, 4) is 0 Å². The number of hydrogen-bond acceptors (Lipinski definition) is 3. The van der Waals surface area contributed by atoms with Gasteiger partial charge in [0.1, 0.15) is 0 Å². The summed E-state index contributed by atoms with van der Waals surface area (Å²) in [5.41, 5.74) is 6.34. The molecule has 0 aliphatic heterocycles. The van der Waals surface area contributed by atoms with Crippen molar-refractivity contribution >= 4 is 28.3 Å². The van der Waals surface area contributed by atoms with Crippen LogP contribution in [-0.2, 0) is 0 Å². The molecule has 0 aromatic heterocycles. The highest BCUT2D eigenvalue weighted by atomic mass is 35.5. The largest absolute Gasteiger partial charge is 0.397 e. The Labute approximate surface area is 88.4 Å². The Morgan fingerprint density at radius 3 is 2.29 bits per heavy atom. The van der Waals surface area contributed by atoms with Crippen molar-refractivity contribution in [2.24, 2.45) is 5.84 Å². The van der Waals surface area contributed by atoms with Crippen LogP contribution in [0.25, 0.3) is 0 Å². The minimum atomic E-state index is -0.770. The van der Waals surface area contributed by atoms with Gasteiger partial charge in [0, 0.05) is 0 Å². The number of anilines is 2. The minimum Gasteiger partial charge on any atom is -0.397 e. The second-order valence-corrected chi connectivity index (χ2v) is 2.51. The summed E-state index contributed by atoms with van der Waals surface area (Å²) in [5, 5.41) is 0.0181. The number of rotatable bonds is 1. The van der Waals surface area contributed by atoms with E-state index in [2.05, 4.69) is 0 Å². The zero-order valence-corrected chi connectivity index (χ0v) is 8.95. The highest BCUT2D eigenvalue weighted by molar-refractivity contribution is 6.66. The molecule has 0 unspecified atom stereocenters. The zero-order valence-electron chi connectivity index (χ0n) is 8.20. The Kier molecular flexibility index (Phi) is 5.67. The summed E-state index contributed by atoms with van der Waals surface area (Å²) < 4.78 is 0. The van der Waals surface area contributed by atoms with E-state index >= 15 is 0 Å². The Bertz CT molecular complexity index is 304. The van der Waals surface area contributed by atoms with Gasteiger partial charge in [-0.25, -0.2) is 10.9 Å². The van der Waals surface area contributed by atoms with E-state index in [0.29, 0.717) is 11.4 Å². The number of carbonyl (C=O) groups is 1. The van der Waals surface area contributed by atoms with E-state index in [-0.39, 0.29) is 0 Å². The van der Waals surface area contributed by atoms with Crippen molar-refractivity contribution in [1.29, 1.82) is 0 Å². The van der Waals surface area contributed by atoms with Crippen LogP contribution >= 0.6 is 11.6 Å². The fraction of sp³-hybridized carbons (Fsp3) is 0.222. The lowest BCUT2D eigenvalue weighted by Gasteiger charge is -2.14. The molecule has 1 aromatic rings. The Hall–Kier alpha value is -1.26. The van der Waals surface area contributed by atoms with E-state index in [1.54, 1.807) is 24.3 Å². The molecule has 1 rings (SSSR count). The van der Waals surface area contributed by atoms with E-state index in [0.717, 1.165) is 5.01 Å².